The van der Waals surface area contributed by atoms with Gasteiger partial charge in [-0.3, -0.25) is 14.8 Å². The summed E-state index contributed by atoms with van der Waals surface area (Å²) < 4.78 is 0. The zero-order valence-electron chi connectivity index (χ0n) is 36.0. The summed E-state index contributed by atoms with van der Waals surface area (Å²) in [7, 11) is 0. The van der Waals surface area contributed by atoms with Gasteiger partial charge in [-0.2, -0.15) is 0 Å². The molecule has 11 nitrogen and oxygen atoms in total. The van der Waals surface area contributed by atoms with E-state index in [1.165, 1.54) is 11.8 Å². The molecule has 2 saturated heterocycles. The molecule has 2 fully saturated rings. The third kappa shape index (κ3) is 17.6. The van der Waals surface area contributed by atoms with Crippen LogP contribution in [0.15, 0.2) is 122 Å². The second kappa shape index (κ2) is 30.0. The monoisotopic (exact) mass is 1060 g/mol. The molecule has 326 valence electrons. The summed E-state index contributed by atoms with van der Waals surface area (Å²) in [5.41, 5.74) is 5.38. The van der Waals surface area contributed by atoms with E-state index in [2.05, 4.69) is 56.7 Å². The Morgan fingerprint density at radius 3 is 1.57 bits per heavy atom. The van der Waals surface area contributed by atoms with Crippen molar-refractivity contribution in [3.63, 3.8) is 0 Å². The summed E-state index contributed by atoms with van der Waals surface area (Å²) in [6.07, 6.45) is 3.05. The van der Waals surface area contributed by atoms with Crippen LogP contribution in [0.3, 0.4) is 0 Å². The molecule has 0 aliphatic carbocycles. The summed E-state index contributed by atoms with van der Waals surface area (Å²) >= 11 is 42.5. The van der Waals surface area contributed by atoms with E-state index in [9.17, 15) is 0 Å². The molecule has 2 aliphatic rings. The van der Waals surface area contributed by atoms with E-state index in [0.717, 1.165) is 67.0 Å². The standard InChI is InChI=1S/C22H17Cl3N4.C16H15Cl3N2.C6H3ClN2.CH2O3.2K.H/c1-26-18-7-9-22(27-13-18)28-10-11-29(20-8-6-17(24)12-19(20)25)21(14-28)15-2-4-16(23)5-3-15;17-12-3-1-11(2-4-12)16-10-20-7-8-21(16)15-6-5-13(18)9-14(15)19;1-8-5-2-3-6(7)9-4-5;2-1-4-3;;;/h2-9,12-13,21H,10-11,14H2;1-6,9,16,20H,7-8,10H2;2-4H;1,3H;;;/q;;;;2*+1;-1/p-1. The van der Waals surface area contributed by atoms with Crippen LogP contribution in [0, 0.1) is 13.1 Å². The number of hydrogen-bond donors (Lipinski definition) is 1. The number of carbonyl (C=O) groups is 1. The van der Waals surface area contributed by atoms with Gasteiger partial charge in [-0.15, -0.1) is 0 Å². The molecule has 4 heterocycles. The Kier molecular flexibility index (Phi) is 26.6. The summed E-state index contributed by atoms with van der Waals surface area (Å²) in [6, 6.07) is 34.3. The fourth-order valence-corrected chi connectivity index (χ4v) is 8.12. The van der Waals surface area contributed by atoms with Gasteiger partial charge in [0.1, 0.15) is 11.0 Å². The first kappa shape index (κ1) is 57.6. The Bertz CT molecular complexity index is 2510. The van der Waals surface area contributed by atoms with Gasteiger partial charge in [-0.25, -0.2) is 9.69 Å². The molecule has 4 aromatic carbocycles. The van der Waals surface area contributed by atoms with Crippen LogP contribution in [0.4, 0.5) is 28.6 Å². The summed E-state index contributed by atoms with van der Waals surface area (Å²) in [6.45, 7) is 18.5. The van der Waals surface area contributed by atoms with Gasteiger partial charge in [0.05, 0.1) is 46.6 Å². The van der Waals surface area contributed by atoms with Crippen molar-refractivity contribution in [2.24, 2.45) is 0 Å². The van der Waals surface area contributed by atoms with Crippen LogP contribution >= 0.6 is 81.2 Å². The van der Waals surface area contributed by atoms with E-state index >= 15 is 0 Å². The van der Waals surface area contributed by atoms with Gasteiger partial charge in [0.15, 0.2) is 0 Å². The van der Waals surface area contributed by atoms with Gasteiger partial charge in [0, 0.05) is 71.8 Å². The molecule has 2 atom stereocenters. The number of pyridine rings is 2. The second-order valence-electron chi connectivity index (χ2n) is 13.5. The molecule has 0 saturated carbocycles. The molecule has 0 spiro atoms. The minimum Gasteiger partial charge on any atom is -1.00 e. The Hall–Kier alpha value is -1.75. The van der Waals surface area contributed by atoms with E-state index in [4.69, 9.17) is 104 Å². The molecule has 20 heteroatoms. The summed E-state index contributed by atoms with van der Waals surface area (Å²) in [5.74, 6) is 0.859. The number of piperazine rings is 2. The first-order valence-corrected chi connectivity index (χ1v) is 21.5. The molecular formula is C45H37Cl7K2N8O3. The molecule has 8 rings (SSSR count). The smallest absolute Gasteiger partial charge is 1.00 e. The molecule has 0 bridgehead atoms. The maximum Gasteiger partial charge on any atom is 1.00 e. The molecule has 0 amide bonds. The minimum atomic E-state index is -0.181. The molecule has 2 aromatic heterocycles. The van der Waals surface area contributed by atoms with Crippen molar-refractivity contribution in [1.29, 1.82) is 0 Å². The molecule has 1 N–H and O–H groups in total. The van der Waals surface area contributed by atoms with Gasteiger partial charge in [-0.05, 0) is 83.9 Å². The number of anilines is 3. The van der Waals surface area contributed by atoms with E-state index in [-0.39, 0.29) is 123 Å². The number of carbonyl (C=O) groups excluding carboxylic acids is 1. The van der Waals surface area contributed by atoms with Gasteiger partial charge in [0.2, 0.25) is 11.4 Å². The number of benzene rings is 4. The van der Waals surface area contributed by atoms with Crippen LogP contribution in [-0.4, -0.2) is 55.7 Å². The molecule has 6 aromatic rings. The van der Waals surface area contributed by atoms with Crippen molar-refractivity contribution in [1.82, 2.24) is 15.3 Å². The molecular weight excluding hydrogens is 1030 g/mol. The van der Waals surface area contributed by atoms with E-state index in [1.807, 2.05) is 66.7 Å². The van der Waals surface area contributed by atoms with E-state index < -0.39 is 0 Å². The first-order valence-electron chi connectivity index (χ1n) is 18.9. The van der Waals surface area contributed by atoms with E-state index in [0.29, 0.717) is 41.6 Å². The normalized spacial score (nSPS) is 15.0. The number of halogens is 7. The average Bonchev–Trinajstić information content (AvgIpc) is 3.30. The molecule has 2 unspecified atom stereocenters. The Morgan fingerprint density at radius 1 is 0.646 bits per heavy atom. The zero-order chi connectivity index (χ0) is 45.3. The van der Waals surface area contributed by atoms with Crippen molar-refractivity contribution < 1.29 is 119 Å². The Balaban J connectivity index is 0.000000353. The average molecular weight is 1060 g/mol. The number of rotatable bonds is 6. The SMILES string of the molecule is Clc1ccc(C2CNCCN2c2ccc(Cl)cc2Cl)cc1.O=CO[O-].[C-]#[N+]c1ccc(Cl)nc1.[C-]#[N+]c1ccc(N2CCN(c3ccc(Cl)cc3Cl)C(c3ccc(Cl)cc3)C2)nc1.[H-].[K+].[K+]. The van der Waals surface area contributed by atoms with Crippen LogP contribution in [0.5, 0.6) is 0 Å². The number of nitrogens with one attached hydrogen (secondary N) is 1. The van der Waals surface area contributed by atoms with Crippen molar-refractivity contribution in [3.05, 3.63) is 191 Å². The van der Waals surface area contributed by atoms with Gasteiger partial charge >= 0.3 is 103 Å². The van der Waals surface area contributed by atoms with Crippen LogP contribution in [0.2, 0.25) is 35.3 Å². The van der Waals surface area contributed by atoms with Crippen LogP contribution in [-0.2, 0) is 9.68 Å². The molecule has 65 heavy (non-hydrogen) atoms. The topological polar surface area (TPSA) is 106 Å². The third-order valence-electron chi connectivity index (χ3n) is 9.64. The van der Waals surface area contributed by atoms with Crippen molar-refractivity contribution in [2.75, 3.05) is 54.0 Å². The minimum absolute atomic E-state index is 0. The van der Waals surface area contributed by atoms with Crippen LogP contribution < -0.4 is 128 Å². The number of nitrogens with zero attached hydrogens (tertiary/aromatic N) is 7. The first-order chi connectivity index (χ1) is 30.4. The second-order valence-corrected chi connectivity index (χ2v) is 16.4. The van der Waals surface area contributed by atoms with Crippen molar-refractivity contribution in [2.45, 2.75) is 12.1 Å². The number of hydrogen-bond acceptors (Lipinski definition) is 9. The Morgan fingerprint density at radius 2 is 1.12 bits per heavy atom. The van der Waals surface area contributed by atoms with Gasteiger partial charge in [-0.1, -0.05) is 118 Å². The summed E-state index contributed by atoms with van der Waals surface area (Å²) in [5, 5.41) is 16.3. The van der Waals surface area contributed by atoms with Crippen molar-refractivity contribution >= 4 is 116 Å². The van der Waals surface area contributed by atoms with Gasteiger partial charge < -0.3 is 31.6 Å². The predicted molar refractivity (Wildman–Crippen MR) is 255 cm³/mol. The fourth-order valence-electron chi connectivity index (χ4n) is 6.72. The summed E-state index contributed by atoms with van der Waals surface area (Å²) in [4.78, 5) is 32.8. The third-order valence-corrected chi connectivity index (χ3v) is 11.4. The van der Waals surface area contributed by atoms with Crippen LogP contribution in [0.1, 0.15) is 24.6 Å². The maximum absolute atomic E-state index is 8.64. The zero-order valence-corrected chi connectivity index (χ0v) is 46.6. The fraction of sp³-hybridized carbons (Fsp3) is 0.178. The largest absolute Gasteiger partial charge is 1.00 e. The quantitative estimate of drug-likeness (QED) is 0.0515. The molecule has 0 radical (unpaired) electrons. The molecule has 2 aliphatic heterocycles. The van der Waals surface area contributed by atoms with Crippen molar-refractivity contribution in [3.8, 4) is 0 Å². The number of aromatic nitrogens is 2. The van der Waals surface area contributed by atoms with Gasteiger partial charge in [0.25, 0.3) is 6.47 Å². The van der Waals surface area contributed by atoms with E-state index in [1.54, 1.807) is 36.5 Å². The Labute approximate surface area is 500 Å². The predicted octanol–water partition coefficient (Wildman–Crippen LogP) is 6.30. The maximum atomic E-state index is 8.64. The van der Waals surface area contributed by atoms with Crippen LogP contribution in [0.25, 0.3) is 9.69 Å².